The molecule has 0 N–H and O–H groups in total. The molecule has 0 amide bonds. The molecule has 0 bridgehead atoms. The van der Waals surface area contributed by atoms with Crippen molar-refractivity contribution < 1.29 is 15.9 Å². The summed E-state index contributed by atoms with van der Waals surface area (Å²) >= 11 is -0.106. The van der Waals surface area contributed by atoms with Crippen LogP contribution in [0.2, 0.25) is 0 Å². The van der Waals surface area contributed by atoms with Crippen molar-refractivity contribution in [3.05, 3.63) is 97.1 Å². The van der Waals surface area contributed by atoms with Crippen LogP contribution >= 0.6 is 27.6 Å². The van der Waals surface area contributed by atoms with Crippen molar-refractivity contribution in [3.63, 3.8) is 0 Å². The summed E-state index contributed by atoms with van der Waals surface area (Å²) in [5.41, 5.74) is 0. The van der Waals surface area contributed by atoms with E-state index < -0.39 is 0 Å². The standard InChI is InChI=1S/C12H11P.C6H5.2ClH.Pd/c1-3-7-11(8-4-1)13-12-9-5-2-6-10-12;1-2-4-6-5-3-1;;;/h1-10,13H;1-5H;2*1H;/q;-1;;;+2/p-2. The predicted octanol–water partition coefficient (Wildman–Crippen LogP) is 5.18. The zero-order chi connectivity index (χ0) is 15.9. The van der Waals surface area contributed by atoms with Gasteiger partial charge < -0.3 is 0 Å². The first-order chi connectivity index (χ1) is 10.9. The van der Waals surface area contributed by atoms with E-state index in [1.165, 1.54) is 10.6 Å². The summed E-state index contributed by atoms with van der Waals surface area (Å²) in [6, 6.07) is 33.7. The van der Waals surface area contributed by atoms with Crippen molar-refractivity contribution in [2.45, 2.75) is 0 Å². The molecule has 3 rings (SSSR count). The predicted molar refractivity (Wildman–Crippen MR) is 97.5 cm³/mol. The summed E-state index contributed by atoms with van der Waals surface area (Å²) in [7, 11) is 10.4. The zero-order valence-electron chi connectivity index (χ0n) is 11.7. The largest absolute Gasteiger partial charge is 0.184 e. The Balaban J connectivity index is 0.000000224. The maximum Gasteiger partial charge on any atom is -0.0226 e. The van der Waals surface area contributed by atoms with Gasteiger partial charge in [0.1, 0.15) is 0 Å². The average Bonchev–Trinajstić information content (AvgIpc) is 2.60. The minimum Gasteiger partial charge on any atom is -0.184 e. The normalized spacial score (nSPS) is 9.00. The van der Waals surface area contributed by atoms with Gasteiger partial charge in [0, 0.05) is 0 Å². The van der Waals surface area contributed by atoms with Crippen LogP contribution in [0, 0.1) is 6.07 Å². The van der Waals surface area contributed by atoms with Gasteiger partial charge >= 0.3 is 35.0 Å². The summed E-state index contributed by atoms with van der Waals surface area (Å²) in [4.78, 5) is 0. The summed E-state index contributed by atoms with van der Waals surface area (Å²) < 4.78 is 0. The SMILES string of the molecule is [Cl][Pd][Cl].[c-]1ccccc1.c1ccc(Pc2ccccc2)cc1. The molecule has 0 aromatic heterocycles. The van der Waals surface area contributed by atoms with E-state index in [1.807, 2.05) is 30.3 Å². The number of rotatable bonds is 2. The van der Waals surface area contributed by atoms with Crippen molar-refractivity contribution in [1.82, 2.24) is 0 Å². The van der Waals surface area contributed by atoms with Crippen LogP contribution in [0.4, 0.5) is 0 Å². The van der Waals surface area contributed by atoms with Gasteiger partial charge in [0.25, 0.3) is 0 Å². The molecule has 0 aliphatic heterocycles. The Morgan fingerprint density at radius 2 is 1.00 bits per heavy atom. The molecule has 0 atom stereocenters. The van der Waals surface area contributed by atoms with Gasteiger partial charge in [-0.2, -0.15) is 36.4 Å². The van der Waals surface area contributed by atoms with Gasteiger partial charge in [0.2, 0.25) is 0 Å². The molecule has 0 unspecified atom stereocenters. The fourth-order valence-corrected chi connectivity index (χ4v) is 2.60. The molecule has 0 fully saturated rings. The molecule has 22 heavy (non-hydrogen) atoms. The summed E-state index contributed by atoms with van der Waals surface area (Å²) in [6.45, 7) is 0. The second kappa shape index (κ2) is 14.0. The van der Waals surface area contributed by atoms with Gasteiger partial charge in [-0.05, 0) is 10.6 Å². The van der Waals surface area contributed by atoms with Crippen molar-refractivity contribution in [2.24, 2.45) is 0 Å². The van der Waals surface area contributed by atoms with E-state index in [4.69, 9.17) is 19.1 Å². The molecular weight excluding hydrogens is 424 g/mol. The monoisotopic (exact) mass is 439 g/mol. The van der Waals surface area contributed by atoms with E-state index in [1.54, 1.807) is 0 Å². The van der Waals surface area contributed by atoms with E-state index in [0.29, 0.717) is 0 Å². The van der Waals surface area contributed by atoms with Crippen LogP contribution in [-0.2, 0) is 15.9 Å². The van der Waals surface area contributed by atoms with Crippen LogP contribution in [-0.4, -0.2) is 0 Å². The van der Waals surface area contributed by atoms with Crippen LogP contribution in [0.3, 0.4) is 0 Å². The molecule has 0 aliphatic rings. The number of hydrogen-bond acceptors (Lipinski definition) is 0. The van der Waals surface area contributed by atoms with Crippen molar-refractivity contribution in [1.29, 1.82) is 0 Å². The molecule has 0 spiro atoms. The molecule has 0 saturated heterocycles. The molecule has 4 heteroatoms. The van der Waals surface area contributed by atoms with Crippen molar-refractivity contribution in [3.8, 4) is 0 Å². The van der Waals surface area contributed by atoms with Crippen LogP contribution in [0.1, 0.15) is 0 Å². The molecular formula is C18H16Cl2PPd-. The zero-order valence-corrected chi connectivity index (χ0v) is 15.8. The second-order valence-corrected chi connectivity index (χ2v) is 7.74. The van der Waals surface area contributed by atoms with Crippen LogP contribution in [0.15, 0.2) is 91.0 Å². The molecule has 3 aromatic carbocycles. The average molecular weight is 441 g/mol. The molecule has 3 aromatic rings. The fraction of sp³-hybridized carbons (Fsp3) is 0. The summed E-state index contributed by atoms with van der Waals surface area (Å²) in [5.74, 6) is 0. The molecule has 0 radical (unpaired) electrons. The summed E-state index contributed by atoms with van der Waals surface area (Å²) in [5, 5.41) is 2.79. The minimum atomic E-state index is -0.106. The minimum absolute atomic E-state index is 0.106. The van der Waals surface area contributed by atoms with Gasteiger partial charge in [0.15, 0.2) is 0 Å². The summed E-state index contributed by atoms with van der Waals surface area (Å²) in [6.07, 6.45) is 0. The van der Waals surface area contributed by atoms with E-state index in [-0.39, 0.29) is 15.9 Å². The van der Waals surface area contributed by atoms with Gasteiger partial charge in [-0.15, -0.1) is 0 Å². The van der Waals surface area contributed by atoms with Crippen molar-refractivity contribution in [2.75, 3.05) is 0 Å². The first-order valence-corrected chi connectivity index (χ1v) is 11.5. The first-order valence-electron chi connectivity index (χ1n) is 6.47. The Morgan fingerprint density at radius 3 is 1.27 bits per heavy atom. The fourth-order valence-electron chi connectivity index (χ4n) is 1.55. The Kier molecular flexibility index (Phi) is 12.3. The van der Waals surface area contributed by atoms with E-state index in [2.05, 4.69) is 66.7 Å². The van der Waals surface area contributed by atoms with Gasteiger partial charge in [-0.3, -0.25) is 0 Å². The Bertz CT molecular complexity index is 513. The Hall–Kier alpha value is -0.668. The molecule has 0 heterocycles. The molecule has 0 nitrogen and oxygen atoms in total. The van der Waals surface area contributed by atoms with Gasteiger partial charge in [-0.1, -0.05) is 69.2 Å². The second-order valence-electron chi connectivity index (χ2n) is 3.98. The van der Waals surface area contributed by atoms with Crippen molar-refractivity contribution >= 4 is 38.2 Å². The molecule has 0 saturated carbocycles. The third kappa shape index (κ3) is 10.1. The van der Waals surface area contributed by atoms with Crippen LogP contribution < -0.4 is 10.6 Å². The number of benzene rings is 3. The maximum absolute atomic E-state index is 4.81. The number of hydrogen-bond donors (Lipinski definition) is 0. The van der Waals surface area contributed by atoms with Gasteiger partial charge in [-0.25, -0.2) is 0 Å². The molecule has 118 valence electrons. The van der Waals surface area contributed by atoms with E-state index in [0.717, 1.165) is 8.58 Å². The third-order valence-corrected chi connectivity index (χ3v) is 3.69. The maximum atomic E-state index is 4.81. The first kappa shape index (κ1) is 19.4. The Labute approximate surface area is 150 Å². The number of halogens is 2. The van der Waals surface area contributed by atoms with Crippen LogP contribution in [0.25, 0.3) is 0 Å². The van der Waals surface area contributed by atoms with Gasteiger partial charge in [0.05, 0.1) is 0 Å². The van der Waals surface area contributed by atoms with Crippen LogP contribution in [0.5, 0.6) is 0 Å². The van der Waals surface area contributed by atoms with E-state index in [9.17, 15) is 0 Å². The smallest absolute Gasteiger partial charge is 0.0226 e. The third-order valence-electron chi connectivity index (χ3n) is 2.44. The quantitative estimate of drug-likeness (QED) is 0.293. The Morgan fingerprint density at radius 1 is 0.636 bits per heavy atom. The molecule has 0 aliphatic carbocycles. The topological polar surface area (TPSA) is 0 Å². The van der Waals surface area contributed by atoms with E-state index >= 15 is 0 Å².